The van der Waals surface area contributed by atoms with E-state index < -0.39 is 23.8 Å². The third-order valence-electron chi connectivity index (χ3n) is 3.74. The molecule has 140 valence electrons. The molecule has 2 N–H and O–H groups in total. The van der Waals surface area contributed by atoms with Gasteiger partial charge in [0.25, 0.3) is 5.56 Å². The van der Waals surface area contributed by atoms with Crippen LogP contribution in [0.1, 0.15) is 29.5 Å². The minimum atomic E-state index is -4.79. The lowest BCUT2D eigenvalue weighted by Crippen LogP contribution is -2.33. The van der Waals surface area contributed by atoms with E-state index in [1.165, 1.54) is 31.3 Å². The van der Waals surface area contributed by atoms with Crippen LogP contribution in [0.15, 0.2) is 41.3 Å². The number of carbonyl (C=O) groups is 1. The summed E-state index contributed by atoms with van der Waals surface area (Å²) in [6.45, 7) is 3.09. The van der Waals surface area contributed by atoms with Crippen molar-refractivity contribution in [2.75, 3.05) is 5.43 Å². The predicted octanol–water partition coefficient (Wildman–Crippen LogP) is 2.99. The molecule has 0 aliphatic carbocycles. The number of aromatic nitrogens is 1. The average molecular weight is 370 g/mol. The number of nitrogens with one attached hydrogen (secondary N) is 1. The van der Waals surface area contributed by atoms with Crippen LogP contribution in [0, 0.1) is 6.92 Å². The van der Waals surface area contributed by atoms with Gasteiger partial charge < -0.3 is 15.3 Å². The molecule has 0 spiro atoms. The van der Waals surface area contributed by atoms with Crippen LogP contribution >= 0.6 is 0 Å². The van der Waals surface area contributed by atoms with Crippen molar-refractivity contribution in [3.8, 4) is 5.75 Å². The maximum Gasteiger partial charge on any atom is 0.573 e. The molecule has 0 aliphatic heterocycles. The van der Waals surface area contributed by atoms with Crippen LogP contribution in [0.4, 0.5) is 13.2 Å². The van der Waals surface area contributed by atoms with E-state index in [0.717, 1.165) is 4.68 Å². The first-order chi connectivity index (χ1) is 12.1. The first-order valence-electron chi connectivity index (χ1n) is 7.62. The van der Waals surface area contributed by atoms with Crippen LogP contribution in [-0.2, 0) is 11.3 Å². The van der Waals surface area contributed by atoms with Gasteiger partial charge >= 0.3 is 12.3 Å². The quantitative estimate of drug-likeness (QED) is 0.817. The Bertz CT molecular complexity index is 862. The number of hydrogen-bond donors (Lipinski definition) is 2. The van der Waals surface area contributed by atoms with E-state index in [0.29, 0.717) is 11.1 Å². The average Bonchev–Trinajstić information content (AvgIpc) is 2.52. The molecule has 2 rings (SSSR count). The number of hydrogen-bond acceptors (Lipinski definition) is 4. The molecule has 0 saturated heterocycles. The number of rotatable bonds is 6. The zero-order valence-corrected chi connectivity index (χ0v) is 14.0. The molecule has 1 heterocycles. The van der Waals surface area contributed by atoms with Gasteiger partial charge in [0.05, 0.1) is 12.5 Å². The number of ether oxygens (including phenoxy) is 1. The Balaban J connectivity index is 2.20. The second-order valence-electron chi connectivity index (χ2n) is 5.68. The van der Waals surface area contributed by atoms with E-state index in [1.54, 1.807) is 19.1 Å². The molecular formula is C17H17F3N2O4. The van der Waals surface area contributed by atoms with Gasteiger partial charge in [-0.1, -0.05) is 12.1 Å². The summed E-state index contributed by atoms with van der Waals surface area (Å²) in [4.78, 5) is 23.6. The van der Waals surface area contributed by atoms with Crippen LogP contribution in [0.2, 0.25) is 0 Å². The summed E-state index contributed by atoms with van der Waals surface area (Å²) in [7, 11) is 0. The number of aliphatic carboxylic acids is 1. The topological polar surface area (TPSA) is 80.6 Å². The lowest BCUT2D eigenvalue weighted by molar-refractivity contribution is -0.274. The lowest BCUT2D eigenvalue weighted by Gasteiger charge is -2.15. The maximum absolute atomic E-state index is 12.5. The van der Waals surface area contributed by atoms with Gasteiger partial charge in [0.2, 0.25) is 0 Å². The summed E-state index contributed by atoms with van der Waals surface area (Å²) in [5.74, 6) is -2.48. The monoisotopic (exact) mass is 370 g/mol. The number of aryl methyl sites for hydroxylation is 1. The van der Waals surface area contributed by atoms with Crippen LogP contribution in [-0.4, -0.2) is 22.1 Å². The molecule has 1 aromatic carbocycles. The highest BCUT2D eigenvalue weighted by atomic mass is 19.4. The van der Waals surface area contributed by atoms with Crippen molar-refractivity contribution < 1.29 is 27.8 Å². The fraction of sp³-hybridized carbons (Fsp3) is 0.294. The van der Waals surface area contributed by atoms with E-state index >= 15 is 0 Å². The predicted molar refractivity (Wildman–Crippen MR) is 87.7 cm³/mol. The zero-order chi connectivity index (χ0) is 19.5. The van der Waals surface area contributed by atoms with Gasteiger partial charge in [-0.2, -0.15) is 0 Å². The minimum Gasteiger partial charge on any atom is -0.481 e. The van der Waals surface area contributed by atoms with Gasteiger partial charge in [-0.25, -0.2) is 4.68 Å². The van der Waals surface area contributed by atoms with Crippen molar-refractivity contribution in [1.29, 1.82) is 0 Å². The highest BCUT2D eigenvalue weighted by molar-refractivity contribution is 5.75. The Morgan fingerprint density at radius 1 is 1.35 bits per heavy atom. The zero-order valence-electron chi connectivity index (χ0n) is 14.0. The van der Waals surface area contributed by atoms with Crippen molar-refractivity contribution in [1.82, 2.24) is 4.68 Å². The standard InChI is InChI=1S/C17H17F3N2O4/c1-10-6-7-22(15(23)14(10)11(2)16(24)25)21-9-12-4-3-5-13(8-12)26-17(18,19)20/h3-8,11,21H,9H2,1-2H3,(H,24,25). The molecule has 1 aromatic heterocycles. The minimum absolute atomic E-state index is 0.0406. The molecule has 6 nitrogen and oxygen atoms in total. The fourth-order valence-corrected chi connectivity index (χ4v) is 2.45. The number of halogens is 3. The third kappa shape index (κ3) is 4.78. The largest absolute Gasteiger partial charge is 0.573 e. The molecular weight excluding hydrogens is 353 g/mol. The molecule has 9 heteroatoms. The highest BCUT2D eigenvalue weighted by Gasteiger charge is 2.31. The van der Waals surface area contributed by atoms with E-state index in [4.69, 9.17) is 5.11 Å². The van der Waals surface area contributed by atoms with Gasteiger partial charge in [-0.3, -0.25) is 9.59 Å². The Labute approximate surface area is 146 Å². The first kappa shape index (κ1) is 19.4. The Kier molecular flexibility index (Phi) is 5.59. The number of alkyl halides is 3. The van der Waals surface area contributed by atoms with E-state index in [9.17, 15) is 22.8 Å². The van der Waals surface area contributed by atoms with Crippen LogP contribution < -0.4 is 15.7 Å². The summed E-state index contributed by atoms with van der Waals surface area (Å²) in [5.41, 5.74) is 3.37. The number of carboxylic acid groups (broad SMARTS) is 1. The van der Waals surface area contributed by atoms with Gasteiger partial charge in [-0.05, 0) is 43.2 Å². The molecule has 1 atom stereocenters. The molecule has 1 unspecified atom stereocenters. The molecule has 0 radical (unpaired) electrons. The summed E-state index contributed by atoms with van der Waals surface area (Å²) in [6.07, 6.45) is -3.35. The normalized spacial score (nSPS) is 12.5. The molecule has 0 aliphatic rings. The molecule has 26 heavy (non-hydrogen) atoms. The van der Waals surface area contributed by atoms with Gasteiger partial charge in [0, 0.05) is 11.8 Å². The highest BCUT2D eigenvalue weighted by Crippen LogP contribution is 2.23. The second-order valence-corrected chi connectivity index (χ2v) is 5.68. The molecule has 0 fully saturated rings. The molecule has 0 amide bonds. The number of benzene rings is 1. The Morgan fingerprint density at radius 2 is 2.04 bits per heavy atom. The summed E-state index contributed by atoms with van der Waals surface area (Å²) in [6, 6.07) is 6.92. The van der Waals surface area contributed by atoms with Gasteiger partial charge in [0.15, 0.2) is 0 Å². The van der Waals surface area contributed by atoms with Crippen LogP contribution in [0.3, 0.4) is 0 Å². The second kappa shape index (κ2) is 7.51. The van der Waals surface area contributed by atoms with Crippen molar-refractivity contribution in [2.45, 2.75) is 32.7 Å². The number of nitrogens with zero attached hydrogens (tertiary/aromatic N) is 1. The lowest BCUT2D eigenvalue weighted by atomic mass is 9.99. The van der Waals surface area contributed by atoms with E-state index in [2.05, 4.69) is 10.2 Å². The molecule has 0 bridgehead atoms. The third-order valence-corrected chi connectivity index (χ3v) is 3.74. The van der Waals surface area contributed by atoms with Gasteiger partial charge in [-0.15, -0.1) is 13.2 Å². The van der Waals surface area contributed by atoms with E-state index in [-0.39, 0.29) is 17.9 Å². The summed E-state index contributed by atoms with van der Waals surface area (Å²) >= 11 is 0. The maximum atomic E-state index is 12.5. The smallest absolute Gasteiger partial charge is 0.481 e. The molecule has 0 saturated carbocycles. The van der Waals surface area contributed by atoms with Crippen molar-refractivity contribution >= 4 is 5.97 Å². The SMILES string of the molecule is Cc1ccn(NCc2cccc(OC(F)(F)F)c2)c(=O)c1C(C)C(=O)O. The molecule has 2 aromatic rings. The number of pyridine rings is 1. The van der Waals surface area contributed by atoms with Gasteiger partial charge in [0.1, 0.15) is 5.75 Å². The van der Waals surface area contributed by atoms with Crippen molar-refractivity contribution in [3.05, 3.63) is 63.6 Å². The number of carboxylic acids is 1. The summed E-state index contributed by atoms with van der Waals surface area (Å²) in [5, 5.41) is 9.13. The Morgan fingerprint density at radius 3 is 2.65 bits per heavy atom. The van der Waals surface area contributed by atoms with E-state index in [1.807, 2.05) is 0 Å². The van der Waals surface area contributed by atoms with Crippen LogP contribution in [0.25, 0.3) is 0 Å². The first-order valence-corrected chi connectivity index (χ1v) is 7.62. The van der Waals surface area contributed by atoms with Crippen LogP contribution in [0.5, 0.6) is 5.75 Å². The summed E-state index contributed by atoms with van der Waals surface area (Å²) < 4.78 is 41.8. The van der Waals surface area contributed by atoms with Crippen molar-refractivity contribution in [2.24, 2.45) is 0 Å². The fourth-order valence-electron chi connectivity index (χ4n) is 2.45. The Hall–Kier alpha value is -2.97. The van der Waals surface area contributed by atoms with Crippen molar-refractivity contribution in [3.63, 3.8) is 0 Å².